The summed E-state index contributed by atoms with van der Waals surface area (Å²) in [5, 5.41) is 1.96. The minimum atomic E-state index is 0.974. The van der Waals surface area contributed by atoms with Gasteiger partial charge in [0.1, 0.15) is 0 Å². The van der Waals surface area contributed by atoms with Crippen LogP contribution in [0.15, 0.2) is 59.8 Å². The zero-order chi connectivity index (χ0) is 12.1. The van der Waals surface area contributed by atoms with Gasteiger partial charge >= 0.3 is 0 Å². The molecule has 0 aromatic heterocycles. The van der Waals surface area contributed by atoms with Crippen LogP contribution in [0.2, 0.25) is 0 Å². The number of nitrogens with one attached hydrogen (secondary N) is 1. The molecule has 0 atom stereocenters. The van der Waals surface area contributed by atoms with Crippen LogP contribution in [-0.4, -0.2) is 19.1 Å². The predicted octanol–water partition coefficient (Wildman–Crippen LogP) is 2.98. The van der Waals surface area contributed by atoms with E-state index in [2.05, 4.69) is 54.0 Å². The van der Waals surface area contributed by atoms with Gasteiger partial charge in [0, 0.05) is 14.1 Å². The van der Waals surface area contributed by atoms with Gasteiger partial charge in [-0.2, -0.15) is 0 Å². The van der Waals surface area contributed by atoms with Crippen LogP contribution in [0.5, 0.6) is 0 Å². The fraction of sp³-hybridized carbons (Fsp3) is 0.200. The first kappa shape index (κ1) is 11.7. The summed E-state index contributed by atoms with van der Waals surface area (Å²) < 4.78 is 0. The highest BCUT2D eigenvalue weighted by Crippen LogP contribution is 2.20. The molecule has 0 heterocycles. The minimum Gasteiger partial charge on any atom is -0.319 e. The lowest BCUT2D eigenvalue weighted by atomic mass is 10.0. The zero-order valence-corrected chi connectivity index (χ0v) is 10.4. The maximum absolute atomic E-state index is 3.33. The van der Waals surface area contributed by atoms with Gasteiger partial charge in [-0.1, -0.05) is 42.5 Å². The second-order valence-corrected chi connectivity index (χ2v) is 4.30. The van der Waals surface area contributed by atoms with Crippen LogP contribution in [0.25, 0.3) is 6.08 Å². The Morgan fingerprint density at radius 1 is 1.18 bits per heavy atom. The summed E-state index contributed by atoms with van der Waals surface area (Å²) in [5.74, 6) is 0. The molecule has 0 fully saturated rings. The Labute approximate surface area is 103 Å². The molecule has 1 aromatic carbocycles. The van der Waals surface area contributed by atoms with Crippen molar-refractivity contribution in [3.05, 3.63) is 65.4 Å². The van der Waals surface area contributed by atoms with Crippen molar-refractivity contribution in [2.75, 3.05) is 14.1 Å². The Bertz CT molecular complexity index is 453. The first-order chi connectivity index (χ1) is 8.25. The number of hydrazine groups is 1. The standard InChI is InChI=1S/C15H18N2/c1-17(2)16-15-11-7-6-10-14(15)12-13-8-4-3-5-9-13/h3-9,11-12,16H,10H2,1-2H3. The molecule has 2 heteroatoms. The summed E-state index contributed by atoms with van der Waals surface area (Å²) in [6.07, 6.45) is 9.58. The fourth-order valence-corrected chi connectivity index (χ4v) is 1.81. The molecule has 1 aliphatic rings. The van der Waals surface area contributed by atoms with Gasteiger partial charge in [-0.15, -0.1) is 0 Å². The highest BCUT2D eigenvalue weighted by atomic mass is 15.5. The topological polar surface area (TPSA) is 15.3 Å². The Morgan fingerprint density at radius 2 is 1.94 bits per heavy atom. The first-order valence-corrected chi connectivity index (χ1v) is 5.82. The molecule has 2 nitrogen and oxygen atoms in total. The molecule has 0 saturated carbocycles. The number of benzene rings is 1. The molecule has 0 radical (unpaired) electrons. The van der Waals surface area contributed by atoms with E-state index in [0.717, 1.165) is 6.42 Å². The highest BCUT2D eigenvalue weighted by molar-refractivity contribution is 5.59. The average Bonchev–Trinajstić information content (AvgIpc) is 2.32. The SMILES string of the molecule is CN(C)NC1=CC=CCC1=Cc1ccccc1. The van der Waals surface area contributed by atoms with E-state index in [-0.39, 0.29) is 0 Å². The normalized spacial score (nSPS) is 17.4. The lowest BCUT2D eigenvalue weighted by Gasteiger charge is -2.20. The van der Waals surface area contributed by atoms with Gasteiger partial charge in [0.25, 0.3) is 0 Å². The molecular formula is C15H18N2. The van der Waals surface area contributed by atoms with Gasteiger partial charge in [0.15, 0.2) is 0 Å². The largest absolute Gasteiger partial charge is 0.319 e. The summed E-state index contributed by atoms with van der Waals surface area (Å²) in [4.78, 5) is 0. The van der Waals surface area contributed by atoms with Crippen LogP contribution >= 0.6 is 0 Å². The van der Waals surface area contributed by atoms with E-state index in [1.165, 1.54) is 16.8 Å². The number of nitrogens with zero attached hydrogens (tertiary/aromatic N) is 1. The molecule has 88 valence electrons. The zero-order valence-electron chi connectivity index (χ0n) is 10.4. The maximum Gasteiger partial charge on any atom is 0.0525 e. The lowest BCUT2D eigenvalue weighted by Crippen LogP contribution is -2.30. The van der Waals surface area contributed by atoms with Crippen LogP contribution in [0, 0.1) is 0 Å². The third kappa shape index (κ3) is 3.33. The maximum atomic E-state index is 3.33. The van der Waals surface area contributed by atoms with Gasteiger partial charge in [0.05, 0.1) is 5.70 Å². The minimum absolute atomic E-state index is 0.974. The number of rotatable bonds is 3. The van der Waals surface area contributed by atoms with E-state index in [4.69, 9.17) is 0 Å². The average molecular weight is 226 g/mol. The van der Waals surface area contributed by atoms with Crippen LogP contribution in [0.3, 0.4) is 0 Å². The van der Waals surface area contributed by atoms with Crippen molar-refractivity contribution >= 4 is 6.08 Å². The second-order valence-electron chi connectivity index (χ2n) is 4.30. The quantitative estimate of drug-likeness (QED) is 0.797. The molecule has 0 saturated heterocycles. The summed E-state index contributed by atoms with van der Waals surface area (Å²) in [7, 11) is 4.00. The van der Waals surface area contributed by atoms with Crippen LogP contribution in [0.4, 0.5) is 0 Å². The van der Waals surface area contributed by atoms with Crippen molar-refractivity contribution in [2.24, 2.45) is 0 Å². The van der Waals surface area contributed by atoms with Crippen molar-refractivity contribution in [3.63, 3.8) is 0 Å². The summed E-state index contributed by atoms with van der Waals surface area (Å²) in [5.41, 5.74) is 7.05. The Morgan fingerprint density at radius 3 is 2.65 bits per heavy atom. The van der Waals surface area contributed by atoms with Crippen LogP contribution in [-0.2, 0) is 0 Å². The smallest absolute Gasteiger partial charge is 0.0525 e. The van der Waals surface area contributed by atoms with Gasteiger partial charge in [-0.25, -0.2) is 5.01 Å². The van der Waals surface area contributed by atoms with E-state index in [9.17, 15) is 0 Å². The lowest BCUT2D eigenvalue weighted by molar-refractivity contribution is 0.330. The van der Waals surface area contributed by atoms with Gasteiger partial charge in [-0.05, 0) is 29.7 Å². The molecule has 17 heavy (non-hydrogen) atoms. The van der Waals surface area contributed by atoms with Crippen molar-refractivity contribution < 1.29 is 0 Å². The van der Waals surface area contributed by atoms with Gasteiger partial charge in [0.2, 0.25) is 0 Å². The van der Waals surface area contributed by atoms with Crippen molar-refractivity contribution in [1.82, 2.24) is 10.4 Å². The summed E-state index contributed by atoms with van der Waals surface area (Å²) >= 11 is 0. The molecule has 0 unspecified atom stereocenters. The molecule has 2 rings (SSSR count). The number of allylic oxidation sites excluding steroid dienone is 4. The fourth-order valence-electron chi connectivity index (χ4n) is 1.81. The van der Waals surface area contributed by atoms with Gasteiger partial charge in [-0.3, -0.25) is 0 Å². The number of hydrogen-bond acceptors (Lipinski definition) is 2. The third-order valence-corrected chi connectivity index (χ3v) is 2.57. The molecule has 0 amide bonds. The van der Waals surface area contributed by atoms with E-state index in [0.29, 0.717) is 0 Å². The van der Waals surface area contributed by atoms with Crippen LogP contribution in [0.1, 0.15) is 12.0 Å². The van der Waals surface area contributed by atoms with Crippen molar-refractivity contribution in [2.45, 2.75) is 6.42 Å². The molecule has 0 bridgehead atoms. The van der Waals surface area contributed by atoms with Gasteiger partial charge < -0.3 is 5.43 Å². The molecule has 1 N–H and O–H groups in total. The van der Waals surface area contributed by atoms with Crippen molar-refractivity contribution in [1.29, 1.82) is 0 Å². The Kier molecular flexibility index (Phi) is 3.78. The molecule has 0 spiro atoms. The molecule has 0 aliphatic heterocycles. The first-order valence-electron chi connectivity index (χ1n) is 5.82. The third-order valence-electron chi connectivity index (χ3n) is 2.57. The van der Waals surface area contributed by atoms with E-state index >= 15 is 0 Å². The summed E-state index contributed by atoms with van der Waals surface area (Å²) in [6, 6.07) is 10.4. The van der Waals surface area contributed by atoms with E-state index in [1.807, 2.05) is 25.2 Å². The van der Waals surface area contributed by atoms with E-state index in [1.54, 1.807) is 0 Å². The predicted molar refractivity (Wildman–Crippen MR) is 73.1 cm³/mol. The number of hydrogen-bond donors (Lipinski definition) is 1. The van der Waals surface area contributed by atoms with E-state index < -0.39 is 0 Å². The Hall–Kier alpha value is -1.80. The molecular weight excluding hydrogens is 208 g/mol. The summed E-state index contributed by atoms with van der Waals surface area (Å²) in [6.45, 7) is 0. The highest BCUT2D eigenvalue weighted by Gasteiger charge is 2.07. The monoisotopic (exact) mass is 226 g/mol. The molecule has 1 aliphatic carbocycles. The van der Waals surface area contributed by atoms with Crippen LogP contribution < -0.4 is 5.43 Å². The second kappa shape index (κ2) is 5.51. The van der Waals surface area contributed by atoms with Crippen molar-refractivity contribution in [3.8, 4) is 0 Å². The Balaban J connectivity index is 2.22. The molecule has 1 aromatic rings.